The Hall–Kier alpha value is -2.83. The number of aromatic nitrogens is 2. The van der Waals surface area contributed by atoms with Crippen molar-refractivity contribution >= 4 is 17.9 Å². The second-order valence-electron chi connectivity index (χ2n) is 8.84. The number of carbonyl (C=O) groups is 1. The van der Waals surface area contributed by atoms with Crippen molar-refractivity contribution in [3.8, 4) is 5.75 Å². The number of hydrogen-bond acceptors (Lipinski definition) is 6. The summed E-state index contributed by atoms with van der Waals surface area (Å²) in [7, 11) is 4.12. The molecule has 0 saturated heterocycles. The van der Waals surface area contributed by atoms with Gasteiger partial charge in [0.25, 0.3) is 0 Å². The van der Waals surface area contributed by atoms with Crippen LogP contribution >= 0.6 is 0 Å². The van der Waals surface area contributed by atoms with Gasteiger partial charge >= 0.3 is 6.09 Å². The zero-order valence-corrected chi connectivity index (χ0v) is 18.6. The van der Waals surface area contributed by atoms with Crippen molar-refractivity contribution in [3.05, 3.63) is 41.6 Å². The third-order valence-corrected chi connectivity index (χ3v) is 6.25. The van der Waals surface area contributed by atoms with Crippen LogP contribution in [-0.2, 0) is 12.8 Å². The van der Waals surface area contributed by atoms with E-state index < -0.39 is 0 Å². The van der Waals surface area contributed by atoms with Crippen LogP contribution in [0.3, 0.4) is 0 Å². The molecule has 1 aromatic heterocycles. The van der Waals surface area contributed by atoms with E-state index in [-0.39, 0.29) is 6.09 Å². The van der Waals surface area contributed by atoms with Gasteiger partial charge < -0.3 is 20.3 Å². The van der Waals surface area contributed by atoms with Crippen LogP contribution in [0.1, 0.15) is 49.8 Å². The first-order chi connectivity index (χ1) is 15.1. The molecular formula is C24H33N5O2. The molecular weight excluding hydrogens is 390 g/mol. The maximum Gasteiger partial charge on any atom is 0.412 e. The topological polar surface area (TPSA) is 79.4 Å². The van der Waals surface area contributed by atoms with Gasteiger partial charge in [0.05, 0.1) is 5.69 Å². The van der Waals surface area contributed by atoms with Crippen LogP contribution in [0, 0.1) is 5.92 Å². The molecule has 2 N–H and O–H groups in total. The Morgan fingerprint density at radius 2 is 1.81 bits per heavy atom. The van der Waals surface area contributed by atoms with Gasteiger partial charge in [-0.1, -0.05) is 18.2 Å². The monoisotopic (exact) mass is 423 g/mol. The lowest BCUT2D eigenvalue weighted by molar-refractivity contribution is 0.196. The van der Waals surface area contributed by atoms with Crippen LogP contribution < -0.4 is 20.3 Å². The highest BCUT2D eigenvalue weighted by Gasteiger charge is 2.24. The minimum Gasteiger partial charge on any atom is -0.410 e. The lowest BCUT2D eigenvalue weighted by atomic mass is 9.86. The largest absolute Gasteiger partial charge is 0.412 e. The molecule has 166 valence electrons. The molecule has 1 fully saturated rings. The molecule has 7 heteroatoms. The fourth-order valence-electron chi connectivity index (χ4n) is 4.56. The van der Waals surface area contributed by atoms with Gasteiger partial charge in [0.1, 0.15) is 11.6 Å². The summed E-state index contributed by atoms with van der Waals surface area (Å²) in [5.41, 5.74) is 2.53. The van der Waals surface area contributed by atoms with Crippen molar-refractivity contribution in [2.45, 2.75) is 57.4 Å². The predicted octanol–water partition coefficient (Wildman–Crippen LogP) is 4.18. The van der Waals surface area contributed by atoms with Gasteiger partial charge in [0.15, 0.2) is 0 Å². The van der Waals surface area contributed by atoms with Crippen LogP contribution in [-0.4, -0.2) is 42.7 Å². The molecule has 1 heterocycles. The third-order valence-electron chi connectivity index (χ3n) is 6.25. The summed E-state index contributed by atoms with van der Waals surface area (Å²) < 4.78 is 5.30. The maximum atomic E-state index is 12.0. The van der Waals surface area contributed by atoms with Gasteiger partial charge in [-0.25, -0.2) is 9.78 Å². The zero-order chi connectivity index (χ0) is 21.6. The number of anilines is 2. The van der Waals surface area contributed by atoms with Crippen LogP contribution in [0.15, 0.2) is 30.3 Å². The molecule has 1 saturated carbocycles. The number of para-hydroxylation sites is 1. The van der Waals surface area contributed by atoms with Crippen molar-refractivity contribution in [3.63, 3.8) is 0 Å². The van der Waals surface area contributed by atoms with E-state index in [0.717, 1.165) is 50.3 Å². The van der Waals surface area contributed by atoms with Gasteiger partial charge in [-0.3, -0.25) is 0 Å². The van der Waals surface area contributed by atoms with Crippen molar-refractivity contribution < 1.29 is 9.53 Å². The summed E-state index contributed by atoms with van der Waals surface area (Å²) in [5, 5.41) is 6.49. The summed E-state index contributed by atoms with van der Waals surface area (Å²) in [6, 6.07) is 9.54. The number of ether oxygens (including phenoxy) is 1. The van der Waals surface area contributed by atoms with Gasteiger partial charge in [-0.15, -0.1) is 0 Å². The highest BCUT2D eigenvalue weighted by molar-refractivity contribution is 5.70. The molecule has 1 aromatic carbocycles. The molecule has 31 heavy (non-hydrogen) atoms. The normalized spacial score (nSPS) is 20.5. The summed E-state index contributed by atoms with van der Waals surface area (Å²) in [4.78, 5) is 23.8. The van der Waals surface area contributed by atoms with Crippen LogP contribution in [0.25, 0.3) is 0 Å². The van der Waals surface area contributed by atoms with E-state index in [2.05, 4.69) is 29.6 Å². The number of aryl methyl sites for hydroxylation is 1. The second kappa shape index (κ2) is 9.98. The van der Waals surface area contributed by atoms with E-state index in [9.17, 15) is 4.79 Å². The molecule has 0 atom stereocenters. The summed E-state index contributed by atoms with van der Waals surface area (Å²) >= 11 is 0. The predicted molar refractivity (Wildman–Crippen MR) is 123 cm³/mol. The average Bonchev–Trinajstić information content (AvgIpc) is 2.78. The van der Waals surface area contributed by atoms with E-state index >= 15 is 0 Å². The van der Waals surface area contributed by atoms with Crippen LogP contribution in [0.2, 0.25) is 0 Å². The van der Waals surface area contributed by atoms with Gasteiger partial charge in [-0.2, -0.15) is 4.98 Å². The second-order valence-corrected chi connectivity index (χ2v) is 8.84. The van der Waals surface area contributed by atoms with Gasteiger partial charge in [0.2, 0.25) is 5.95 Å². The quantitative estimate of drug-likeness (QED) is 0.726. The number of nitrogens with one attached hydrogen (secondary N) is 2. The maximum absolute atomic E-state index is 12.0. The fourth-order valence-corrected chi connectivity index (χ4v) is 4.56. The summed E-state index contributed by atoms with van der Waals surface area (Å²) in [6.07, 6.45) is 8.41. The molecule has 2 aromatic rings. The highest BCUT2D eigenvalue weighted by atomic mass is 16.6. The fraction of sp³-hybridized carbons (Fsp3) is 0.542. The lowest BCUT2D eigenvalue weighted by Crippen LogP contribution is -2.35. The Bertz CT molecular complexity index is 879. The smallest absolute Gasteiger partial charge is 0.410 e. The van der Waals surface area contributed by atoms with E-state index in [1.807, 2.05) is 18.2 Å². The molecule has 0 bridgehead atoms. The van der Waals surface area contributed by atoms with Crippen molar-refractivity contribution in [1.82, 2.24) is 15.3 Å². The standard InChI is InChI=1S/C24H33N5O2/c1-29(2)22-20-10-6-7-11-21(20)27-23(28-22)26-18-14-12-17(13-15-18)16-25-24(30)31-19-8-4-3-5-9-19/h3-5,8-9,17-18H,6-7,10-16H2,1-2H3,(H,25,30)(H,26,27,28). The molecule has 7 nitrogen and oxygen atoms in total. The number of nitrogens with zero attached hydrogens (tertiary/aromatic N) is 3. The number of amides is 1. The zero-order valence-electron chi connectivity index (χ0n) is 18.6. The molecule has 0 spiro atoms. The molecule has 0 radical (unpaired) electrons. The lowest BCUT2D eigenvalue weighted by Gasteiger charge is -2.30. The number of rotatable bonds is 6. The van der Waals surface area contributed by atoms with E-state index in [1.54, 1.807) is 12.1 Å². The highest BCUT2D eigenvalue weighted by Crippen LogP contribution is 2.30. The Morgan fingerprint density at radius 1 is 1.06 bits per heavy atom. The Morgan fingerprint density at radius 3 is 2.55 bits per heavy atom. The summed E-state index contributed by atoms with van der Waals surface area (Å²) in [5.74, 6) is 2.86. The van der Waals surface area contributed by atoms with Crippen LogP contribution in [0.4, 0.5) is 16.6 Å². The number of benzene rings is 1. The molecule has 0 unspecified atom stereocenters. The van der Waals surface area contributed by atoms with Crippen molar-refractivity contribution in [2.24, 2.45) is 5.92 Å². The summed E-state index contributed by atoms with van der Waals surface area (Å²) in [6.45, 7) is 0.651. The number of carbonyl (C=O) groups excluding carboxylic acids is 1. The molecule has 1 amide bonds. The minimum atomic E-state index is -0.384. The minimum absolute atomic E-state index is 0.379. The number of fused-ring (bicyclic) bond motifs is 1. The van der Waals surface area contributed by atoms with Gasteiger partial charge in [-0.05, 0) is 69.4 Å². The first-order valence-electron chi connectivity index (χ1n) is 11.4. The van der Waals surface area contributed by atoms with Crippen molar-refractivity contribution in [2.75, 3.05) is 30.9 Å². The molecule has 2 aliphatic carbocycles. The van der Waals surface area contributed by atoms with Crippen LogP contribution in [0.5, 0.6) is 5.75 Å². The van der Waals surface area contributed by atoms with Gasteiger partial charge in [0, 0.05) is 32.2 Å². The third kappa shape index (κ3) is 5.66. The average molecular weight is 424 g/mol. The van der Waals surface area contributed by atoms with E-state index in [4.69, 9.17) is 14.7 Å². The Labute approximate surface area is 184 Å². The molecule has 4 rings (SSSR count). The SMILES string of the molecule is CN(C)c1nc(NC2CCC(CNC(=O)Oc3ccccc3)CC2)nc2c1CCCC2. The Balaban J connectivity index is 1.26. The number of hydrogen-bond donors (Lipinski definition) is 2. The molecule has 0 aliphatic heterocycles. The Kier molecular flexibility index (Phi) is 6.89. The van der Waals surface area contributed by atoms with E-state index in [1.165, 1.54) is 24.1 Å². The van der Waals surface area contributed by atoms with Crippen molar-refractivity contribution in [1.29, 1.82) is 0 Å². The first-order valence-corrected chi connectivity index (χ1v) is 11.4. The first kappa shape index (κ1) is 21.4. The van der Waals surface area contributed by atoms with E-state index in [0.29, 0.717) is 24.3 Å². The molecule has 2 aliphatic rings.